The second-order valence-corrected chi connectivity index (χ2v) is 10.2. The van der Waals surface area contributed by atoms with Crippen LogP contribution in [0.15, 0.2) is 76.7 Å². The summed E-state index contributed by atoms with van der Waals surface area (Å²) in [5, 5.41) is 4.55. The van der Waals surface area contributed by atoms with E-state index in [1.165, 1.54) is 0 Å². The van der Waals surface area contributed by atoms with Gasteiger partial charge in [0, 0.05) is 49.7 Å². The number of hydrogen-bond donors (Lipinski definition) is 0. The number of halogens is 2. The maximum absolute atomic E-state index is 13.7. The van der Waals surface area contributed by atoms with Gasteiger partial charge in [-0.05, 0) is 66.6 Å². The first kappa shape index (κ1) is 22.8. The summed E-state index contributed by atoms with van der Waals surface area (Å²) in [4.78, 5) is 18.2. The fourth-order valence-electron chi connectivity index (χ4n) is 4.33. The monoisotopic (exact) mass is 550 g/mol. The molecule has 2 aromatic heterocycles. The minimum atomic E-state index is -0.100. The summed E-state index contributed by atoms with van der Waals surface area (Å²) in [6.45, 7) is 1.99. The van der Waals surface area contributed by atoms with Gasteiger partial charge in [-0.1, -0.05) is 39.7 Å². The molecule has 5 aromatic rings. The molecule has 0 N–H and O–H groups in total. The average Bonchev–Trinajstić information content (AvgIpc) is 3.46. The van der Waals surface area contributed by atoms with Crippen LogP contribution in [0.5, 0.6) is 5.75 Å². The van der Waals surface area contributed by atoms with E-state index in [1.807, 2.05) is 42.8 Å². The van der Waals surface area contributed by atoms with Gasteiger partial charge in [-0.25, -0.2) is 4.98 Å². The van der Waals surface area contributed by atoms with Crippen LogP contribution in [0.1, 0.15) is 26.6 Å². The summed E-state index contributed by atoms with van der Waals surface area (Å²) < 4.78 is 8.59. The van der Waals surface area contributed by atoms with Crippen LogP contribution in [0.4, 0.5) is 0 Å². The van der Waals surface area contributed by atoms with E-state index >= 15 is 0 Å². The number of fused-ring (bicyclic) bond motifs is 1. The number of benzene rings is 3. The van der Waals surface area contributed by atoms with E-state index in [-0.39, 0.29) is 5.91 Å². The molecule has 2 heterocycles. The zero-order chi connectivity index (χ0) is 23.8. The number of thiazole rings is 1. The van der Waals surface area contributed by atoms with E-state index in [9.17, 15) is 4.79 Å². The van der Waals surface area contributed by atoms with Crippen LogP contribution < -0.4 is 4.74 Å². The molecule has 0 atom stereocenters. The fourth-order valence-corrected chi connectivity index (χ4v) is 5.34. The van der Waals surface area contributed by atoms with Crippen molar-refractivity contribution in [2.24, 2.45) is 0 Å². The van der Waals surface area contributed by atoms with Crippen molar-refractivity contribution in [2.45, 2.75) is 13.3 Å². The molecule has 0 saturated carbocycles. The lowest BCUT2D eigenvalue weighted by atomic mass is 9.96. The summed E-state index contributed by atoms with van der Waals surface area (Å²) in [7, 11) is 1.67. The zero-order valence-corrected chi connectivity index (χ0v) is 21.7. The molecule has 0 radical (unpaired) electrons. The van der Waals surface area contributed by atoms with E-state index in [2.05, 4.69) is 33.0 Å². The maximum atomic E-state index is 13.7. The Bertz CT molecular complexity index is 1490. The van der Waals surface area contributed by atoms with Crippen LogP contribution in [0.2, 0.25) is 5.02 Å². The Morgan fingerprint density at radius 2 is 1.82 bits per heavy atom. The Kier molecular flexibility index (Phi) is 6.30. The van der Waals surface area contributed by atoms with Crippen LogP contribution in [0.3, 0.4) is 0 Å². The lowest BCUT2D eigenvalue weighted by Crippen LogP contribution is -2.13. The van der Waals surface area contributed by atoms with Gasteiger partial charge in [0.05, 0.1) is 17.6 Å². The molecule has 4 nitrogen and oxygen atoms in total. The summed E-state index contributed by atoms with van der Waals surface area (Å²) >= 11 is 11.2. The van der Waals surface area contributed by atoms with Gasteiger partial charge >= 0.3 is 0 Å². The van der Waals surface area contributed by atoms with Crippen molar-refractivity contribution >= 4 is 55.7 Å². The molecule has 0 fully saturated rings. The molecular formula is C27H20BrClN2O2S. The van der Waals surface area contributed by atoms with Crippen LogP contribution in [0, 0.1) is 6.92 Å². The lowest BCUT2D eigenvalue weighted by Gasteiger charge is -2.13. The van der Waals surface area contributed by atoms with Crippen molar-refractivity contribution < 1.29 is 9.53 Å². The minimum Gasteiger partial charge on any atom is -0.496 e. The van der Waals surface area contributed by atoms with Crippen molar-refractivity contribution in [3.05, 3.63) is 104 Å². The van der Waals surface area contributed by atoms with Crippen molar-refractivity contribution in [1.29, 1.82) is 0 Å². The molecule has 0 bridgehead atoms. The van der Waals surface area contributed by atoms with E-state index in [0.29, 0.717) is 17.0 Å². The van der Waals surface area contributed by atoms with Crippen molar-refractivity contribution in [3.8, 4) is 16.9 Å². The lowest BCUT2D eigenvalue weighted by molar-refractivity contribution is 0.0963. The molecule has 0 saturated heterocycles. The molecular weight excluding hydrogens is 532 g/mol. The number of carbonyl (C=O) groups is 1. The van der Waals surface area contributed by atoms with Gasteiger partial charge in [0.15, 0.2) is 0 Å². The number of ether oxygens (including phenoxy) is 1. The van der Waals surface area contributed by atoms with E-state index < -0.39 is 0 Å². The van der Waals surface area contributed by atoms with Crippen molar-refractivity contribution in [3.63, 3.8) is 0 Å². The third-order valence-corrected chi connectivity index (χ3v) is 7.48. The molecule has 170 valence electrons. The highest BCUT2D eigenvalue weighted by Gasteiger charge is 2.25. The molecule has 5 rings (SSSR count). The molecule has 0 aliphatic rings. The Hall–Kier alpha value is -2.93. The Morgan fingerprint density at radius 1 is 1.09 bits per heavy atom. The maximum Gasteiger partial charge on any atom is 0.262 e. The first-order valence-electron chi connectivity index (χ1n) is 10.6. The zero-order valence-electron chi connectivity index (χ0n) is 18.5. The van der Waals surface area contributed by atoms with Crippen LogP contribution in [0.25, 0.3) is 22.0 Å². The summed E-state index contributed by atoms with van der Waals surface area (Å²) in [5.74, 6) is 0.655. The second kappa shape index (κ2) is 9.37. The summed E-state index contributed by atoms with van der Waals surface area (Å²) in [6.07, 6.45) is 2.43. The highest BCUT2D eigenvalue weighted by Crippen LogP contribution is 2.42. The van der Waals surface area contributed by atoms with Crippen molar-refractivity contribution in [2.75, 3.05) is 7.11 Å². The quantitative estimate of drug-likeness (QED) is 0.224. The predicted molar refractivity (Wildman–Crippen MR) is 142 cm³/mol. The van der Waals surface area contributed by atoms with E-state index in [4.69, 9.17) is 16.3 Å². The molecule has 3 aromatic carbocycles. The van der Waals surface area contributed by atoms with Gasteiger partial charge in [0.2, 0.25) is 0 Å². The fraction of sp³-hybridized carbons (Fsp3) is 0.111. The predicted octanol–water partition coefficient (Wildman–Crippen LogP) is 7.78. The van der Waals surface area contributed by atoms with Gasteiger partial charge in [0.1, 0.15) is 5.75 Å². The van der Waals surface area contributed by atoms with Gasteiger partial charge in [-0.2, -0.15) is 0 Å². The number of carbonyl (C=O) groups excluding carboxylic acids is 1. The van der Waals surface area contributed by atoms with Crippen LogP contribution in [-0.2, 0) is 6.42 Å². The Balaban J connectivity index is 1.83. The first-order chi connectivity index (χ1) is 16.5. The topological polar surface area (TPSA) is 44.1 Å². The second-order valence-electron chi connectivity index (χ2n) is 7.86. The normalized spacial score (nSPS) is 11.2. The van der Waals surface area contributed by atoms with E-state index in [0.717, 1.165) is 48.5 Å². The molecule has 0 aliphatic carbocycles. The third kappa shape index (κ3) is 4.06. The molecule has 34 heavy (non-hydrogen) atoms. The standard InChI is InChI=1S/C27H20BrClN2O2S/c1-16-21(15-24-30-13-14-34-24)26-22(31(16)27(32)18-5-9-20(29)10-6-18)11-12-23(33-2)25(26)17-3-7-19(28)8-4-17/h3-14H,15H2,1-2H3. The van der Waals surface area contributed by atoms with Crippen LogP contribution >= 0.6 is 38.9 Å². The number of methoxy groups -OCH3 is 1. The third-order valence-electron chi connectivity index (χ3n) is 5.92. The van der Waals surface area contributed by atoms with Gasteiger partial charge in [-0.15, -0.1) is 11.3 Å². The van der Waals surface area contributed by atoms with Gasteiger partial charge < -0.3 is 4.74 Å². The minimum absolute atomic E-state index is 0.100. The molecule has 0 unspecified atom stereocenters. The molecule has 0 aliphatic heterocycles. The number of aromatic nitrogens is 2. The largest absolute Gasteiger partial charge is 0.496 e. The molecule has 0 amide bonds. The van der Waals surface area contributed by atoms with Gasteiger partial charge in [-0.3, -0.25) is 9.36 Å². The Labute approximate surface area is 214 Å². The number of rotatable bonds is 5. The first-order valence-corrected chi connectivity index (χ1v) is 12.7. The Morgan fingerprint density at radius 3 is 2.47 bits per heavy atom. The SMILES string of the molecule is COc1ccc2c(c(Cc3nccs3)c(C)n2C(=O)c2ccc(Cl)cc2)c1-c1ccc(Br)cc1. The van der Waals surface area contributed by atoms with Crippen LogP contribution in [-0.4, -0.2) is 22.6 Å². The highest BCUT2D eigenvalue weighted by molar-refractivity contribution is 9.10. The average molecular weight is 552 g/mol. The number of nitrogens with zero attached hydrogens (tertiary/aromatic N) is 2. The highest BCUT2D eigenvalue weighted by atomic mass is 79.9. The van der Waals surface area contributed by atoms with Gasteiger partial charge in [0.25, 0.3) is 5.91 Å². The van der Waals surface area contributed by atoms with Crippen molar-refractivity contribution in [1.82, 2.24) is 9.55 Å². The number of hydrogen-bond acceptors (Lipinski definition) is 4. The molecule has 7 heteroatoms. The summed E-state index contributed by atoms with van der Waals surface area (Å²) in [5.41, 5.74) is 5.33. The molecule has 0 spiro atoms. The smallest absolute Gasteiger partial charge is 0.262 e. The van der Waals surface area contributed by atoms with E-state index in [1.54, 1.807) is 47.3 Å². The summed E-state index contributed by atoms with van der Waals surface area (Å²) in [6, 6.07) is 19.0.